The molecule has 4 nitrogen and oxygen atoms in total. The van der Waals surface area contributed by atoms with Gasteiger partial charge in [0.05, 0.1) is 4.92 Å². The molecule has 2 aromatic carbocycles. The molecule has 0 amide bonds. The average molecular weight is 310 g/mol. The molecule has 110 valence electrons. The van der Waals surface area contributed by atoms with Crippen molar-refractivity contribution in [1.29, 1.82) is 0 Å². The fourth-order valence-corrected chi connectivity index (χ4v) is 2.03. The van der Waals surface area contributed by atoms with Gasteiger partial charge in [-0.3, -0.25) is 10.1 Å². The lowest BCUT2D eigenvalue weighted by atomic mass is 10.1. The number of halogens is 2. The highest BCUT2D eigenvalue weighted by Crippen LogP contribution is 2.29. The zero-order valence-corrected chi connectivity index (χ0v) is 12.1. The molecule has 0 aliphatic rings. The fourth-order valence-electron chi connectivity index (χ4n) is 1.86. The zero-order chi connectivity index (χ0) is 15.4. The molecule has 2 rings (SSSR count). The summed E-state index contributed by atoms with van der Waals surface area (Å²) in [5.41, 5.74) is 2.07. The number of rotatable bonds is 5. The van der Waals surface area contributed by atoms with Crippen LogP contribution in [-0.4, -0.2) is 4.92 Å². The van der Waals surface area contributed by atoms with Crippen LogP contribution in [-0.2, 0) is 12.5 Å². The van der Waals surface area contributed by atoms with Crippen molar-refractivity contribution in [2.45, 2.75) is 19.4 Å². The molecule has 0 fully saturated rings. The number of nitrogens with zero attached hydrogens (tertiary/aromatic N) is 1. The topological polar surface area (TPSA) is 52.4 Å². The Bertz CT molecular complexity index is 676. The van der Waals surface area contributed by atoms with E-state index in [4.69, 9.17) is 16.3 Å². The molecule has 6 heteroatoms. The van der Waals surface area contributed by atoms with E-state index < -0.39 is 4.92 Å². The van der Waals surface area contributed by atoms with Crippen molar-refractivity contribution in [1.82, 2.24) is 0 Å². The van der Waals surface area contributed by atoms with E-state index in [1.807, 2.05) is 6.92 Å². The van der Waals surface area contributed by atoms with E-state index in [0.29, 0.717) is 11.1 Å². The number of ether oxygens (including phenoxy) is 1. The zero-order valence-electron chi connectivity index (χ0n) is 11.3. The van der Waals surface area contributed by atoms with Gasteiger partial charge in [0, 0.05) is 11.9 Å². The number of aryl methyl sites for hydroxylation is 1. The van der Waals surface area contributed by atoms with Crippen LogP contribution in [0.1, 0.15) is 16.7 Å². The van der Waals surface area contributed by atoms with Gasteiger partial charge in [-0.15, -0.1) is 11.6 Å². The van der Waals surface area contributed by atoms with Crippen LogP contribution in [0.15, 0.2) is 36.4 Å². The van der Waals surface area contributed by atoms with Gasteiger partial charge in [0.15, 0.2) is 5.75 Å². The minimum atomic E-state index is -0.522. The van der Waals surface area contributed by atoms with Crippen LogP contribution < -0.4 is 4.74 Å². The van der Waals surface area contributed by atoms with E-state index in [0.717, 1.165) is 5.56 Å². The van der Waals surface area contributed by atoms with Crippen LogP contribution in [0.5, 0.6) is 5.75 Å². The van der Waals surface area contributed by atoms with Crippen LogP contribution in [0, 0.1) is 22.9 Å². The van der Waals surface area contributed by atoms with Gasteiger partial charge >= 0.3 is 5.69 Å². The molecule has 0 radical (unpaired) electrons. The van der Waals surface area contributed by atoms with E-state index in [9.17, 15) is 14.5 Å². The van der Waals surface area contributed by atoms with Crippen LogP contribution in [0.4, 0.5) is 10.1 Å². The van der Waals surface area contributed by atoms with Gasteiger partial charge in [0.2, 0.25) is 0 Å². The number of nitro groups is 1. The summed E-state index contributed by atoms with van der Waals surface area (Å²) in [6, 6.07) is 8.80. The average Bonchev–Trinajstić information content (AvgIpc) is 2.47. The van der Waals surface area contributed by atoms with Gasteiger partial charge in [0.1, 0.15) is 12.4 Å². The first-order valence-electron chi connectivity index (χ1n) is 6.22. The number of nitro benzene ring substituents is 1. The first-order chi connectivity index (χ1) is 10.0. The third-order valence-corrected chi connectivity index (χ3v) is 3.38. The second-order valence-corrected chi connectivity index (χ2v) is 4.82. The smallest absolute Gasteiger partial charge is 0.310 e. The predicted octanol–water partition coefficient (Wildman–Crippen LogP) is 4.36. The molecule has 0 unspecified atom stereocenters. The minimum absolute atomic E-state index is 0.0518. The lowest BCUT2D eigenvalue weighted by Crippen LogP contribution is -2.02. The van der Waals surface area contributed by atoms with Crippen molar-refractivity contribution in [2.75, 3.05) is 0 Å². The monoisotopic (exact) mass is 309 g/mol. The number of alkyl halides is 1. The van der Waals surface area contributed by atoms with Crippen LogP contribution in [0.3, 0.4) is 0 Å². The molecule has 0 saturated heterocycles. The number of hydrogen-bond donors (Lipinski definition) is 0. The van der Waals surface area contributed by atoms with Gasteiger partial charge in [0.25, 0.3) is 0 Å². The van der Waals surface area contributed by atoms with E-state index in [-0.39, 0.29) is 29.7 Å². The number of benzene rings is 2. The van der Waals surface area contributed by atoms with Crippen LogP contribution in [0.2, 0.25) is 0 Å². The predicted molar refractivity (Wildman–Crippen MR) is 78.1 cm³/mol. The Morgan fingerprint density at radius 3 is 2.71 bits per heavy atom. The van der Waals surface area contributed by atoms with Crippen molar-refractivity contribution in [2.24, 2.45) is 0 Å². The molecule has 0 bridgehead atoms. The summed E-state index contributed by atoms with van der Waals surface area (Å²) in [7, 11) is 0. The van der Waals surface area contributed by atoms with Crippen molar-refractivity contribution in [3.05, 3.63) is 69.0 Å². The van der Waals surface area contributed by atoms with Gasteiger partial charge in [-0.1, -0.05) is 12.1 Å². The third kappa shape index (κ3) is 3.70. The Labute approximate surface area is 126 Å². The van der Waals surface area contributed by atoms with Gasteiger partial charge in [-0.2, -0.15) is 0 Å². The van der Waals surface area contributed by atoms with Crippen LogP contribution in [0.25, 0.3) is 0 Å². The Morgan fingerprint density at radius 2 is 2.05 bits per heavy atom. The molecule has 21 heavy (non-hydrogen) atoms. The van der Waals surface area contributed by atoms with E-state index >= 15 is 0 Å². The summed E-state index contributed by atoms with van der Waals surface area (Å²) in [6.45, 7) is 1.87. The van der Waals surface area contributed by atoms with E-state index in [2.05, 4.69) is 0 Å². The van der Waals surface area contributed by atoms with Crippen molar-refractivity contribution in [3.8, 4) is 5.75 Å². The second kappa shape index (κ2) is 6.54. The molecule has 0 aromatic heterocycles. The summed E-state index contributed by atoms with van der Waals surface area (Å²) in [5, 5.41) is 11.0. The minimum Gasteiger partial charge on any atom is -0.482 e. The molecule has 0 spiro atoms. The lowest BCUT2D eigenvalue weighted by Gasteiger charge is -2.10. The lowest BCUT2D eigenvalue weighted by molar-refractivity contribution is -0.386. The van der Waals surface area contributed by atoms with Crippen molar-refractivity contribution in [3.63, 3.8) is 0 Å². The molecule has 2 aromatic rings. The molecule has 0 aliphatic carbocycles. The van der Waals surface area contributed by atoms with Crippen molar-refractivity contribution < 1.29 is 14.1 Å². The highest BCUT2D eigenvalue weighted by atomic mass is 35.5. The first-order valence-corrected chi connectivity index (χ1v) is 6.76. The standard InChI is InChI=1S/C15H13ClFNO3/c1-10-2-4-13(17)7-12(10)9-21-15-6-11(8-16)3-5-14(15)18(19)20/h2-7H,8-9H2,1H3. The highest BCUT2D eigenvalue weighted by molar-refractivity contribution is 6.17. The quantitative estimate of drug-likeness (QED) is 0.468. The Morgan fingerprint density at radius 1 is 1.29 bits per heavy atom. The Balaban J connectivity index is 2.26. The van der Waals surface area contributed by atoms with Gasteiger partial charge < -0.3 is 4.74 Å². The highest BCUT2D eigenvalue weighted by Gasteiger charge is 2.16. The van der Waals surface area contributed by atoms with Crippen LogP contribution >= 0.6 is 11.6 Å². The third-order valence-electron chi connectivity index (χ3n) is 3.07. The van der Waals surface area contributed by atoms with Crippen molar-refractivity contribution >= 4 is 17.3 Å². The van der Waals surface area contributed by atoms with Gasteiger partial charge in [-0.05, 0) is 41.8 Å². The first kappa shape index (κ1) is 15.3. The van der Waals surface area contributed by atoms with E-state index in [1.54, 1.807) is 12.1 Å². The van der Waals surface area contributed by atoms with Gasteiger partial charge in [-0.25, -0.2) is 4.39 Å². The normalized spacial score (nSPS) is 10.4. The fraction of sp³-hybridized carbons (Fsp3) is 0.200. The summed E-state index contributed by atoms with van der Waals surface area (Å²) in [6.07, 6.45) is 0. The maximum atomic E-state index is 13.2. The molecular weight excluding hydrogens is 297 g/mol. The molecule has 0 saturated carbocycles. The number of hydrogen-bond acceptors (Lipinski definition) is 3. The molecule has 0 heterocycles. The molecular formula is C15H13ClFNO3. The summed E-state index contributed by atoms with van der Waals surface area (Å²) in [5.74, 6) is -0.0158. The molecule has 0 atom stereocenters. The summed E-state index contributed by atoms with van der Waals surface area (Å²) >= 11 is 5.72. The Kier molecular flexibility index (Phi) is 4.75. The maximum absolute atomic E-state index is 13.2. The molecule has 0 N–H and O–H groups in total. The summed E-state index contributed by atoms with van der Waals surface area (Å²) < 4.78 is 18.7. The van der Waals surface area contributed by atoms with E-state index in [1.165, 1.54) is 24.3 Å². The second-order valence-electron chi connectivity index (χ2n) is 4.55. The largest absolute Gasteiger partial charge is 0.482 e. The maximum Gasteiger partial charge on any atom is 0.310 e. The summed E-state index contributed by atoms with van der Waals surface area (Å²) in [4.78, 5) is 10.5. The Hall–Kier alpha value is -2.14. The SMILES string of the molecule is Cc1ccc(F)cc1COc1cc(CCl)ccc1[N+](=O)[O-]. The molecule has 0 aliphatic heterocycles.